The molecule has 2 rings (SSSR count). The van der Waals surface area contributed by atoms with Crippen molar-refractivity contribution in [3.05, 3.63) is 0 Å². The van der Waals surface area contributed by atoms with Crippen LogP contribution >= 0.6 is 6.49 Å². The molecule has 0 radical (unpaired) electrons. The van der Waals surface area contributed by atoms with Gasteiger partial charge in [-0.2, -0.15) is 0 Å². The Morgan fingerprint density at radius 2 is 1.78 bits per heavy atom. The molecule has 0 spiro atoms. The van der Waals surface area contributed by atoms with E-state index in [1.54, 1.807) is 0 Å². The number of hydrogen-bond acceptors (Lipinski definition) is 3. The van der Waals surface area contributed by atoms with Gasteiger partial charge in [0.1, 0.15) is 0 Å². The van der Waals surface area contributed by atoms with Gasteiger partial charge in [0, 0.05) is 12.1 Å². The maximum absolute atomic E-state index is 5.89. The maximum Gasteiger partial charge on any atom is 0.188 e. The van der Waals surface area contributed by atoms with E-state index in [0.717, 1.165) is 31.2 Å². The lowest BCUT2D eigenvalue weighted by atomic mass is 9.65. The predicted molar refractivity (Wildman–Crippen MR) is 80.5 cm³/mol. The lowest BCUT2D eigenvalue weighted by Crippen LogP contribution is -2.36. The molecule has 2 aliphatic rings. The van der Waals surface area contributed by atoms with E-state index in [4.69, 9.17) is 20.9 Å². The van der Waals surface area contributed by atoms with E-state index >= 15 is 0 Å². The Morgan fingerprint density at radius 1 is 1.17 bits per heavy atom. The Morgan fingerprint density at radius 3 is 2.28 bits per heavy atom. The van der Waals surface area contributed by atoms with Crippen LogP contribution in [0.3, 0.4) is 0 Å². The molecular formula is C14H27O2PS. The maximum atomic E-state index is 5.89. The predicted octanol–water partition coefficient (Wildman–Crippen LogP) is 4.44. The van der Waals surface area contributed by atoms with Gasteiger partial charge in [-0.15, -0.1) is 0 Å². The summed E-state index contributed by atoms with van der Waals surface area (Å²) in [6.45, 7) is 9.03. The zero-order chi connectivity index (χ0) is 13.4. The standard InChI is InChI=1S/C14H27O2PS/c1-5-17(18)15-9-13(10-16-17)12-6-11(2)7-14(3,4)8-12/h11-13H,5-10H2,1-4H3. The Balaban J connectivity index is 1.95. The third-order valence-electron chi connectivity index (χ3n) is 4.45. The fourth-order valence-electron chi connectivity index (χ4n) is 3.74. The largest absolute Gasteiger partial charge is 0.329 e. The summed E-state index contributed by atoms with van der Waals surface area (Å²) in [6, 6.07) is 0. The molecule has 1 aliphatic carbocycles. The third-order valence-corrected chi connectivity index (χ3v) is 7.71. The number of hydrogen-bond donors (Lipinski definition) is 0. The SMILES string of the molecule is CCP1(=S)OCC(C2CC(C)CC(C)(C)C2)CO1. The summed E-state index contributed by atoms with van der Waals surface area (Å²) >= 11 is 5.44. The molecule has 2 fully saturated rings. The van der Waals surface area contributed by atoms with Gasteiger partial charge in [-0.25, -0.2) is 0 Å². The van der Waals surface area contributed by atoms with Crippen molar-refractivity contribution in [2.45, 2.75) is 47.0 Å². The van der Waals surface area contributed by atoms with Crippen molar-refractivity contribution in [1.82, 2.24) is 0 Å². The molecule has 0 aromatic heterocycles. The first-order valence-corrected chi connectivity index (χ1v) is 10.0. The molecule has 2 atom stereocenters. The van der Waals surface area contributed by atoms with Crippen LogP contribution < -0.4 is 0 Å². The molecular weight excluding hydrogens is 263 g/mol. The van der Waals surface area contributed by atoms with Gasteiger partial charge in [0.05, 0.1) is 13.2 Å². The summed E-state index contributed by atoms with van der Waals surface area (Å²) in [7, 11) is 0. The highest BCUT2D eigenvalue weighted by molar-refractivity contribution is 8.09. The van der Waals surface area contributed by atoms with Crippen molar-refractivity contribution in [1.29, 1.82) is 0 Å². The third kappa shape index (κ3) is 3.56. The zero-order valence-electron chi connectivity index (χ0n) is 12.1. The van der Waals surface area contributed by atoms with E-state index in [9.17, 15) is 0 Å². The summed E-state index contributed by atoms with van der Waals surface area (Å²) < 4.78 is 11.8. The van der Waals surface area contributed by atoms with E-state index in [0.29, 0.717) is 11.3 Å². The topological polar surface area (TPSA) is 18.5 Å². The first-order chi connectivity index (χ1) is 8.34. The van der Waals surface area contributed by atoms with Gasteiger partial charge in [-0.1, -0.05) is 27.7 Å². The van der Waals surface area contributed by atoms with Crippen molar-refractivity contribution < 1.29 is 9.05 Å². The Labute approximate surface area is 117 Å². The highest BCUT2D eigenvalue weighted by atomic mass is 32.5. The zero-order valence-corrected chi connectivity index (χ0v) is 13.9. The van der Waals surface area contributed by atoms with Gasteiger partial charge in [0.2, 0.25) is 0 Å². The molecule has 1 saturated heterocycles. The fraction of sp³-hybridized carbons (Fsp3) is 1.00. The molecule has 0 aromatic rings. The van der Waals surface area contributed by atoms with Crippen LogP contribution in [0.5, 0.6) is 0 Å². The lowest BCUT2D eigenvalue weighted by Gasteiger charge is -2.44. The van der Waals surface area contributed by atoms with Crippen molar-refractivity contribution in [2.75, 3.05) is 19.4 Å². The lowest BCUT2D eigenvalue weighted by molar-refractivity contribution is 0.0254. The van der Waals surface area contributed by atoms with Crippen molar-refractivity contribution >= 4 is 18.3 Å². The van der Waals surface area contributed by atoms with E-state index in [2.05, 4.69) is 27.7 Å². The minimum absolute atomic E-state index is 0.477. The molecule has 4 heteroatoms. The fourth-order valence-corrected chi connectivity index (χ4v) is 5.38. The summed E-state index contributed by atoms with van der Waals surface area (Å²) in [6.07, 6.45) is 4.85. The van der Waals surface area contributed by atoms with E-state index in [1.807, 2.05) is 0 Å². The summed E-state index contributed by atoms with van der Waals surface area (Å²) in [5.41, 5.74) is 0.477. The minimum Gasteiger partial charge on any atom is -0.329 e. The van der Waals surface area contributed by atoms with Crippen molar-refractivity contribution in [3.63, 3.8) is 0 Å². The smallest absolute Gasteiger partial charge is 0.188 e. The Hall–Kier alpha value is 0.570. The molecule has 0 bridgehead atoms. The molecule has 1 saturated carbocycles. The Kier molecular flexibility index (Phi) is 4.59. The van der Waals surface area contributed by atoms with Crippen LogP contribution in [0.15, 0.2) is 0 Å². The summed E-state index contributed by atoms with van der Waals surface area (Å²) in [5.74, 6) is 2.15. The molecule has 106 valence electrons. The monoisotopic (exact) mass is 290 g/mol. The Bertz CT molecular complexity index is 331. The van der Waals surface area contributed by atoms with Gasteiger partial charge in [0.25, 0.3) is 0 Å². The quantitative estimate of drug-likeness (QED) is 0.700. The van der Waals surface area contributed by atoms with Gasteiger partial charge >= 0.3 is 0 Å². The van der Waals surface area contributed by atoms with Gasteiger partial charge in [0.15, 0.2) is 6.49 Å². The summed E-state index contributed by atoms with van der Waals surface area (Å²) in [5, 5.41) is 0. The molecule has 18 heavy (non-hydrogen) atoms. The van der Waals surface area contributed by atoms with Gasteiger partial charge in [-0.05, 0) is 48.3 Å². The first kappa shape index (κ1) is 15.0. The summed E-state index contributed by atoms with van der Waals surface area (Å²) in [4.78, 5) is 0. The molecule has 2 unspecified atom stereocenters. The van der Waals surface area contributed by atoms with Crippen LogP contribution in [-0.2, 0) is 20.9 Å². The first-order valence-electron chi connectivity index (χ1n) is 7.22. The van der Waals surface area contributed by atoms with E-state index in [1.165, 1.54) is 19.3 Å². The van der Waals surface area contributed by atoms with E-state index in [-0.39, 0.29) is 0 Å². The molecule has 1 aliphatic heterocycles. The second-order valence-electron chi connectivity index (χ2n) is 6.95. The van der Waals surface area contributed by atoms with Crippen LogP contribution in [-0.4, -0.2) is 19.4 Å². The van der Waals surface area contributed by atoms with E-state index < -0.39 is 6.49 Å². The van der Waals surface area contributed by atoms with Crippen LogP contribution in [0.4, 0.5) is 0 Å². The molecule has 0 amide bonds. The second-order valence-corrected chi connectivity index (χ2v) is 11.0. The molecule has 2 nitrogen and oxygen atoms in total. The van der Waals surface area contributed by atoms with Crippen molar-refractivity contribution in [2.24, 2.45) is 23.2 Å². The molecule has 0 aromatic carbocycles. The normalized spacial score (nSPS) is 44.8. The highest BCUT2D eigenvalue weighted by Gasteiger charge is 2.38. The van der Waals surface area contributed by atoms with Crippen LogP contribution in [0, 0.1) is 23.2 Å². The molecule has 1 heterocycles. The van der Waals surface area contributed by atoms with Crippen LogP contribution in [0.25, 0.3) is 0 Å². The average molecular weight is 290 g/mol. The van der Waals surface area contributed by atoms with Crippen molar-refractivity contribution in [3.8, 4) is 0 Å². The second kappa shape index (κ2) is 5.52. The highest BCUT2D eigenvalue weighted by Crippen LogP contribution is 2.54. The van der Waals surface area contributed by atoms with Crippen LogP contribution in [0.1, 0.15) is 47.0 Å². The average Bonchev–Trinajstić information content (AvgIpc) is 2.27. The van der Waals surface area contributed by atoms with Gasteiger partial charge in [-0.3, -0.25) is 0 Å². The van der Waals surface area contributed by atoms with Gasteiger partial charge < -0.3 is 9.05 Å². The molecule has 0 N–H and O–H groups in total. The van der Waals surface area contributed by atoms with Crippen LogP contribution in [0.2, 0.25) is 0 Å². The number of rotatable bonds is 2. The minimum atomic E-state index is -1.90.